The number of piperazine rings is 1. The summed E-state index contributed by atoms with van der Waals surface area (Å²) < 4.78 is 7.27. The van der Waals surface area contributed by atoms with Crippen molar-refractivity contribution in [3.05, 3.63) is 71.0 Å². The molecule has 1 saturated carbocycles. The van der Waals surface area contributed by atoms with Gasteiger partial charge in [0.2, 0.25) is 0 Å². The summed E-state index contributed by atoms with van der Waals surface area (Å²) in [5.41, 5.74) is 3.67. The summed E-state index contributed by atoms with van der Waals surface area (Å²) in [5, 5.41) is 13.0. The third-order valence-electron chi connectivity index (χ3n) is 7.49. The maximum absolute atomic E-state index is 5.31. The summed E-state index contributed by atoms with van der Waals surface area (Å²) in [7, 11) is 1.69. The third kappa shape index (κ3) is 5.15. The van der Waals surface area contributed by atoms with E-state index in [0.717, 1.165) is 49.4 Å². The monoisotopic (exact) mass is 460 g/mol. The summed E-state index contributed by atoms with van der Waals surface area (Å²) in [6.07, 6.45) is 6.90. The van der Waals surface area contributed by atoms with Gasteiger partial charge in [-0.1, -0.05) is 61.2 Å². The summed E-state index contributed by atoms with van der Waals surface area (Å²) >= 11 is 0. The summed E-state index contributed by atoms with van der Waals surface area (Å²) in [4.78, 5) is 5.29. The van der Waals surface area contributed by atoms with Crippen molar-refractivity contribution in [3.8, 4) is 5.75 Å². The van der Waals surface area contributed by atoms with Crippen LogP contribution in [0.1, 0.15) is 60.7 Å². The number of ether oxygens (including phenoxy) is 1. The predicted molar refractivity (Wildman–Crippen MR) is 133 cm³/mol. The first-order chi connectivity index (χ1) is 16.7. The molecule has 2 aromatic carbocycles. The summed E-state index contributed by atoms with van der Waals surface area (Å²) in [5.74, 6) is 1.76. The number of aryl methyl sites for hydroxylation is 1. The van der Waals surface area contributed by atoms with E-state index >= 15 is 0 Å². The molecule has 7 nitrogen and oxygen atoms in total. The first kappa shape index (κ1) is 23.0. The molecule has 7 heteroatoms. The lowest BCUT2D eigenvalue weighted by Crippen LogP contribution is -2.52. The van der Waals surface area contributed by atoms with Gasteiger partial charge in [-0.05, 0) is 53.5 Å². The highest BCUT2D eigenvalue weighted by atomic mass is 16.5. The lowest BCUT2D eigenvalue weighted by atomic mass is 9.93. The van der Waals surface area contributed by atoms with E-state index in [9.17, 15) is 0 Å². The van der Waals surface area contributed by atoms with Crippen molar-refractivity contribution in [2.24, 2.45) is 0 Å². The first-order valence-corrected chi connectivity index (χ1v) is 12.6. The second kappa shape index (κ2) is 10.7. The van der Waals surface area contributed by atoms with Gasteiger partial charge in [0, 0.05) is 32.2 Å². The van der Waals surface area contributed by atoms with Gasteiger partial charge in [0.15, 0.2) is 5.82 Å². The van der Waals surface area contributed by atoms with E-state index in [2.05, 4.69) is 68.6 Å². The molecular formula is C27H36N6O. The SMILES string of the molecule is COc1ccc(Cn2nnnc2C(c2ccc(C)cc2)N2CCN(C3CCCCC3)CC2)cc1. The average molecular weight is 461 g/mol. The van der Waals surface area contributed by atoms with Crippen molar-refractivity contribution < 1.29 is 4.74 Å². The van der Waals surface area contributed by atoms with E-state index in [1.165, 1.54) is 43.2 Å². The fourth-order valence-electron chi connectivity index (χ4n) is 5.50. The number of aromatic nitrogens is 4. The Morgan fingerprint density at radius 2 is 1.62 bits per heavy atom. The van der Waals surface area contributed by atoms with E-state index in [-0.39, 0.29) is 6.04 Å². The van der Waals surface area contributed by atoms with Crippen LogP contribution in [0.25, 0.3) is 0 Å². The molecule has 2 aliphatic rings. The Labute approximate surface area is 202 Å². The number of methoxy groups -OCH3 is 1. The Hall–Kier alpha value is -2.77. The predicted octanol–water partition coefficient (Wildman–Crippen LogP) is 4.08. The third-order valence-corrected chi connectivity index (χ3v) is 7.49. The average Bonchev–Trinajstić information content (AvgIpc) is 3.34. The van der Waals surface area contributed by atoms with E-state index in [1.807, 2.05) is 16.8 Å². The molecule has 34 heavy (non-hydrogen) atoms. The fourth-order valence-corrected chi connectivity index (χ4v) is 5.50. The van der Waals surface area contributed by atoms with Gasteiger partial charge in [0.25, 0.3) is 0 Å². The summed E-state index contributed by atoms with van der Waals surface area (Å²) in [6.45, 7) is 7.07. The molecule has 1 aromatic heterocycles. The molecule has 1 unspecified atom stereocenters. The molecular weight excluding hydrogens is 424 g/mol. The van der Waals surface area contributed by atoms with Crippen LogP contribution in [0, 0.1) is 6.92 Å². The largest absolute Gasteiger partial charge is 0.497 e. The van der Waals surface area contributed by atoms with Gasteiger partial charge in [-0.3, -0.25) is 9.80 Å². The Morgan fingerprint density at radius 1 is 0.912 bits per heavy atom. The lowest BCUT2D eigenvalue weighted by Gasteiger charge is -2.43. The van der Waals surface area contributed by atoms with Crippen LogP contribution in [-0.2, 0) is 6.54 Å². The molecule has 2 heterocycles. The maximum atomic E-state index is 5.31. The van der Waals surface area contributed by atoms with Crippen LogP contribution < -0.4 is 4.74 Å². The Kier molecular flexibility index (Phi) is 7.21. The normalized spacial score (nSPS) is 19.2. The zero-order valence-electron chi connectivity index (χ0n) is 20.4. The molecule has 0 spiro atoms. The van der Waals surface area contributed by atoms with E-state index < -0.39 is 0 Å². The first-order valence-electron chi connectivity index (χ1n) is 12.6. The minimum atomic E-state index is 0.0438. The van der Waals surface area contributed by atoms with Crippen molar-refractivity contribution >= 4 is 0 Å². The van der Waals surface area contributed by atoms with Gasteiger partial charge in [-0.2, -0.15) is 0 Å². The van der Waals surface area contributed by atoms with Crippen molar-refractivity contribution in [2.45, 2.75) is 57.7 Å². The van der Waals surface area contributed by atoms with Crippen molar-refractivity contribution in [1.29, 1.82) is 0 Å². The van der Waals surface area contributed by atoms with Crippen LogP contribution in [0.2, 0.25) is 0 Å². The van der Waals surface area contributed by atoms with Crippen LogP contribution >= 0.6 is 0 Å². The Balaban J connectivity index is 1.38. The molecule has 2 fully saturated rings. The maximum Gasteiger partial charge on any atom is 0.173 e. The zero-order valence-corrected chi connectivity index (χ0v) is 20.4. The van der Waals surface area contributed by atoms with E-state index in [4.69, 9.17) is 4.74 Å². The highest BCUT2D eigenvalue weighted by Gasteiger charge is 2.32. The molecule has 1 saturated heterocycles. The fraction of sp³-hybridized carbons (Fsp3) is 0.519. The van der Waals surface area contributed by atoms with Crippen molar-refractivity contribution in [2.75, 3.05) is 33.3 Å². The van der Waals surface area contributed by atoms with Gasteiger partial charge in [0.1, 0.15) is 5.75 Å². The lowest BCUT2D eigenvalue weighted by molar-refractivity contribution is 0.0620. The van der Waals surface area contributed by atoms with Crippen molar-refractivity contribution in [3.63, 3.8) is 0 Å². The van der Waals surface area contributed by atoms with Crippen LogP contribution in [0.3, 0.4) is 0 Å². The second-order valence-electron chi connectivity index (χ2n) is 9.72. The number of hydrogen-bond donors (Lipinski definition) is 0. The smallest absolute Gasteiger partial charge is 0.173 e. The molecule has 1 atom stereocenters. The number of nitrogens with zero attached hydrogens (tertiary/aromatic N) is 6. The molecule has 0 N–H and O–H groups in total. The Bertz CT molecular complexity index is 1030. The van der Waals surface area contributed by atoms with Crippen LogP contribution in [0.4, 0.5) is 0 Å². The number of hydrogen-bond acceptors (Lipinski definition) is 6. The van der Waals surface area contributed by atoms with E-state index in [0.29, 0.717) is 6.54 Å². The van der Waals surface area contributed by atoms with Gasteiger partial charge in [0.05, 0.1) is 19.7 Å². The van der Waals surface area contributed by atoms with Gasteiger partial charge >= 0.3 is 0 Å². The minimum Gasteiger partial charge on any atom is -0.497 e. The van der Waals surface area contributed by atoms with Crippen LogP contribution in [0.15, 0.2) is 48.5 Å². The van der Waals surface area contributed by atoms with Crippen LogP contribution in [-0.4, -0.2) is 69.3 Å². The van der Waals surface area contributed by atoms with Gasteiger partial charge < -0.3 is 4.74 Å². The Morgan fingerprint density at radius 3 is 2.29 bits per heavy atom. The van der Waals surface area contributed by atoms with Crippen molar-refractivity contribution in [1.82, 2.24) is 30.0 Å². The summed E-state index contributed by atoms with van der Waals surface area (Å²) in [6, 6.07) is 17.8. The second-order valence-corrected chi connectivity index (χ2v) is 9.72. The molecule has 0 amide bonds. The highest BCUT2D eigenvalue weighted by molar-refractivity contribution is 5.30. The minimum absolute atomic E-state index is 0.0438. The molecule has 1 aliphatic carbocycles. The molecule has 1 aliphatic heterocycles. The zero-order chi connectivity index (χ0) is 23.3. The number of rotatable bonds is 7. The van der Waals surface area contributed by atoms with Gasteiger partial charge in [-0.15, -0.1) is 5.10 Å². The number of benzene rings is 2. The van der Waals surface area contributed by atoms with Gasteiger partial charge in [-0.25, -0.2) is 4.68 Å². The molecule has 0 radical (unpaired) electrons. The highest BCUT2D eigenvalue weighted by Crippen LogP contribution is 2.30. The standard InChI is InChI=1S/C27H36N6O/c1-21-8-12-23(13-9-21)26(32-18-16-31(17-19-32)24-6-4-3-5-7-24)27-28-29-30-33(27)20-22-10-14-25(34-2)15-11-22/h8-15,24,26H,3-7,16-20H2,1-2H3. The molecule has 5 rings (SSSR count). The quantitative estimate of drug-likeness (QED) is 0.530. The molecule has 0 bridgehead atoms. The van der Waals surface area contributed by atoms with E-state index in [1.54, 1.807) is 7.11 Å². The topological polar surface area (TPSA) is 59.3 Å². The molecule has 180 valence electrons. The number of tetrazole rings is 1. The molecule has 3 aromatic rings. The van der Waals surface area contributed by atoms with Crippen LogP contribution in [0.5, 0.6) is 5.75 Å².